The number of aliphatic carboxylic acids is 2. The van der Waals surface area contributed by atoms with Crippen molar-refractivity contribution in [2.45, 2.75) is 71.9 Å². The summed E-state index contributed by atoms with van der Waals surface area (Å²) < 4.78 is 0. The molecule has 0 fully saturated rings. The summed E-state index contributed by atoms with van der Waals surface area (Å²) in [5, 5.41) is 53.1. The highest BCUT2D eigenvalue weighted by Gasteiger charge is 2.28. The van der Waals surface area contributed by atoms with E-state index in [1.165, 1.54) is 24.3 Å². The lowest BCUT2D eigenvalue weighted by atomic mass is 9.89. The van der Waals surface area contributed by atoms with Crippen molar-refractivity contribution in [1.29, 1.82) is 5.26 Å². The first-order chi connectivity index (χ1) is 23.0. The van der Waals surface area contributed by atoms with E-state index in [9.17, 15) is 39.5 Å². The molecule has 2 rings (SSSR count). The Morgan fingerprint density at radius 1 is 0.918 bits per heavy atom. The van der Waals surface area contributed by atoms with Crippen LogP contribution in [0.1, 0.15) is 65.4 Å². The molecule has 0 radical (unpaired) electrons. The molecule has 7 N–H and O–H groups in total. The Kier molecular flexibility index (Phi) is 15.1. The van der Waals surface area contributed by atoms with Gasteiger partial charge in [-0.25, -0.2) is 9.59 Å². The number of hydrogen-bond acceptors (Lipinski definition) is 9. The third-order valence-electron chi connectivity index (χ3n) is 7.00. The Bertz CT molecular complexity index is 1530. The van der Waals surface area contributed by atoms with Gasteiger partial charge in [0.1, 0.15) is 12.1 Å². The molecule has 0 bridgehead atoms. The minimum Gasteiger partial charge on any atom is -0.480 e. The van der Waals surface area contributed by atoms with Gasteiger partial charge in [0, 0.05) is 36.5 Å². The van der Waals surface area contributed by atoms with E-state index in [2.05, 4.69) is 31.6 Å². The number of nitriles is 1. The number of nitro benzene ring substituents is 1. The Morgan fingerprint density at radius 2 is 1.47 bits per heavy atom. The van der Waals surface area contributed by atoms with Crippen LogP contribution in [0.25, 0.3) is 0 Å². The van der Waals surface area contributed by atoms with Crippen LogP contribution in [0.15, 0.2) is 53.5 Å². The molecular formula is C33H44N8O8. The van der Waals surface area contributed by atoms with Crippen LogP contribution in [0.2, 0.25) is 0 Å². The minimum absolute atomic E-state index is 0.00600. The number of aliphatic imine (C=N–C) groups is 1. The number of nitro groups is 1. The van der Waals surface area contributed by atoms with Crippen molar-refractivity contribution in [1.82, 2.24) is 16.0 Å². The molecule has 3 unspecified atom stereocenters. The van der Waals surface area contributed by atoms with Crippen molar-refractivity contribution in [2.24, 2.45) is 16.3 Å². The van der Waals surface area contributed by atoms with Crippen LogP contribution >= 0.6 is 0 Å². The largest absolute Gasteiger partial charge is 0.480 e. The van der Waals surface area contributed by atoms with E-state index in [1.54, 1.807) is 30.5 Å². The first-order valence-corrected chi connectivity index (χ1v) is 15.6. The van der Waals surface area contributed by atoms with Crippen LogP contribution in [0, 0.1) is 32.9 Å². The molecule has 0 aliphatic rings. The van der Waals surface area contributed by atoms with Gasteiger partial charge < -0.3 is 36.8 Å². The van der Waals surface area contributed by atoms with Gasteiger partial charge in [0.25, 0.3) is 5.69 Å². The second-order valence-corrected chi connectivity index (χ2v) is 13.0. The van der Waals surface area contributed by atoms with Gasteiger partial charge in [-0.1, -0.05) is 46.8 Å². The summed E-state index contributed by atoms with van der Waals surface area (Å²) >= 11 is 0. The smallest absolute Gasteiger partial charge is 0.327 e. The maximum Gasteiger partial charge on any atom is 0.327 e. The molecule has 0 spiro atoms. The molecule has 2 aromatic rings. The van der Waals surface area contributed by atoms with Gasteiger partial charge in [0.2, 0.25) is 24.0 Å². The number of nitrogens with one attached hydrogen (secondary N) is 5. The molecule has 16 heteroatoms. The molecular weight excluding hydrogens is 636 g/mol. The number of nitrogens with zero attached hydrogens (tertiary/aromatic N) is 3. The number of hydrogen-bond donors (Lipinski definition) is 7. The number of carbonyl (C=O) groups excluding carboxylic acids is 2. The number of rotatable bonds is 17. The van der Waals surface area contributed by atoms with Gasteiger partial charge in [-0.3, -0.25) is 19.7 Å². The third kappa shape index (κ3) is 14.4. The molecule has 0 heterocycles. The SMILES string of the molecule is CC(C)CC(C(=O)NC(CNCCC(NC(=O)CC(C)(C)C)C(=O)O)C(=O)O)c1ccc(NC(=NC#N)Nc2ccc([N+](=O)[O-])cc2)cc1. The van der Waals surface area contributed by atoms with Crippen LogP contribution in [0.4, 0.5) is 17.1 Å². The van der Waals surface area contributed by atoms with Gasteiger partial charge in [0.15, 0.2) is 0 Å². The van der Waals surface area contributed by atoms with E-state index in [1.807, 2.05) is 34.6 Å². The third-order valence-corrected chi connectivity index (χ3v) is 7.00. The van der Waals surface area contributed by atoms with Crippen molar-refractivity contribution >= 4 is 46.8 Å². The fourth-order valence-corrected chi connectivity index (χ4v) is 4.69. The molecule has 0 saturated carbocycles. The highest BCUT2D eigenvalue weighted by atomic mass is 16.6. The zero-order chi connectivity index (χ0) is 36.7. The van der Waals surface area contributed by atoms with Crippen molar-refractivity contribution in [2.75, 3.05) is 23.7 Å². The topological polar surface area (TPSA) is 248 Å². The average Bonchev–Trinajstić information content (AvgIpc) is 3.00. The van der Waals surface area contributed by atoms with Gasteiger partial charge in [-0.2, -0.15) is 5.26 Å². The van der Waals surface area contributed by atoms with E-state index < -0.39 is 46.7 Å². The van der Waals surface area contributed by atoms with Crippen LogP contribution in [-0.2, 0) is 19.2 Å². The maximum atomic E-state index is 13.4. The quantitative estimate of drug-likeness (QED) is 0.0316. The summed E-state index contributed by atoms with van der Waals surface area (Å²) in [6.45, 7) is 9.34. The highest BCUT2D eigenvalue weighted by molar-refractivity contribution is 6.04. The first kappa shape index (κ1) is 39.6. The predicted octanol–water partition coefficient (Wildman–Crippen LogP) is 3.64. The second-order valence-electron chi connectivity index (χ2n) is 13.0. The van der Waals surface area contributed by atoms with E-state index in [4.69, 9.17) is 5.26 Å². The van der Waals surface area contributed by atoms with E-state index in [-0.39, 0.29) is 48.9 Å². The summed E-state index contributed by atoms with van der Waals surface area (Å²) in [6, 6.07) is 9.78. The van der Waals surface area contributed by atoms with Crippen LogP contribution in [0.5, 0.6) is 0 Å². The molecule has 2 aromatic carbocycles. The molecule has 264 valence electrons. The van der Waals surface area contributed by atoms with Gasteiger partial charge >= 0.3 is 11.9 Å². The van der Waals surface area contributed by atoms with E-state index in [0.717, 1.165) is 0 Å². The lowest BCUT2D eigenvalue weighted by Crippen LogP contribution is -2.49. The monoisotopic (exact) mass is 680 g/mol. The number of amides is 2. The van der Waals surface area contributed by atoms with Gasteiger partial charge in [0.05, 0.1) is 10.8 Å². The number of carboxylic acid groups (broad SMARTS) is 2. The second kappa shape index (κ2) is 18.7. The number of anilines is 2. The molecule has 0 aromatic heterocycles. The zero-order valence-electron chi connectivity index (χ0n) is 28.1. The molecule has 0 saturated heterocycles. The molecule has 2 amide bonds. The predicted molar refractivity (Wildman–Crippen MR) is 183 cm³/mol. The normalized spacial score (nSPS) is 13.4. The summed E-state index contributed by atoms with van der Waals surface area (Å²) in [7, 11) is 0. The summed E-state index contributed by atoms with van der Waals surface area (Å²) in [5.41, 5.74) is 1.16. The molecule has 3 atom stereocenters. The fourth-order valence-electron chi connectivity index (χ4n) is 4.69. The first-order valence-electron chi connectivity index (χ1n) is 15.6. The number of carboxylic acids is 2. The van der Waals surface area contributed by atoms with Crippen LogP contribution in [-0.4, -0.2) is 70.0 Å². The van der Waals surface area contributed by atoms with E-state index in [0.29, 0.717) is 23.4 Å². The van der Waals surface area contributed by atoms with Crippen molar-refractivity contribution in [3.63, 3.8) is 0 Å². The Balaban J connectivity index is 2.06. The van der Waals surface area contributed by atoms with Crippen molar-refractivity contribution in [3.05, 3.63) is 64.2 Å². The zero-order valence-corrected chi connectivity index (χ0v) is 28.1. The maximum absolute atomic E-state index is 13.4. The summed E-state index contributed by atoms with van der Waals surface area (Å²) in [4.78, 5) is 63.4. The number of guanidine groups is 1. The minimum atomic E-state index is -1.31. The van der Waals surface area contributed by atoms with Gasteiger partial charge in [-0.15, -0.1) is 4.99 Å². The van der Waals surface area contributed by atoms with Crippen molar-refractivity contribution in [3.8, 4) is 6.19 Å². The highest BCUT2D eigenvalue weighted by Crippen LogP contribution is 2.26. The Labute approximate surface area is 284 Å². The molecule has 16 nitrogen and oxygen atoms in total. The standard InChI is InChI=1S/C33H44N8O8/c1-20(2)16-25(21-6-8-22(9-7-21)37-32(36-19-34)38-23-10-12-24(13-11-23)41(48)49)29(43)40-27(31(46)47)18-35-15-14-26(30(44)45)39-28(42)17-33(3,4)5/h6-13,20,25-27,35H,14-18H2,1-5H3,(H,39,42)(H,40,43)(H,44,45)(H,46,47)(H2,36,37,38). The number of benzene rings is 2. The van der Waals surface area contributed by atoms with E-state index >= 15 is 0 Å². The lowest BCUT2D eigenvalue weighted by molar-refractivity contribution is -0.384. The molecule has 0 aliphatic heterocycles. The summed E-state index contributed by atoms with van der Waals surface area (Å²) in [6.07, 6.45) is 2.24. The van der Waals surface area contributed by atoms with Crippen LogP contribution in [0.3, 0.4) is 0 Å². The molecule has 0 aliphatic carbocycles. The fraction of sp³-hybridized carbons (Fsp3) is 0.455. The lowest BCUT2D eigenvalue weighted by Gasteiger charge is -2.23. The Morgan fingerprint density at radius 3 is 1.94 bits per heavy atom. The Hall–Kier alpha value is -5.56. The summed E-state index contributed by atoms with van der Waals surface area (Å²) in [5.74, 6) is -3.95. The van der Waals surface area contributed by atoms with Crippen molar-refractivity contribution < 1.29 is 34.3 Å². The number of non-ortho nitro benzene ring substituents is 1. The number of carbonyl (C=O) groups is 4. The van der Waals surface area contributed by atoms with Crippen LogP contribution < -0.4 is 26.6 Å². The van der Waals surface area contributed by atoms with Gasteiger partial charge in [-0.05, 0) is 60.5 Å². The molecule has 49 heavy (non-hydrogen) atoms. The average molecular weight is 681 g/mol.